The van der Waals surface area contributed by atoms with E-state index in [0.717, 1.165) is 28.1 Å². The zero-order chi connectivity index (χ0) is 18.4. The minimum absolute atomic E-state index is 0.0223. The molecule has 8 heteroatoms. The molecule has 2 aliphatic rings. The van der Waals surface area contributed by atoms with Gasteiger partial charge in [0.25, 0.3) is 0 Å². The predicted octanol–water partition coefficient (Wildman–Crippen LogP) is 2.17. The zero-order valence-corrected chi connectivity index (χ0v) is 14.1. The van der Waals surface area contributed by atoms with E-state index in [9.17, 15) is 22.8 Å². The van der Waals surface area contributed by atoms with Crippen LogP contribution in [-0.2, 0) is 15.0 Å². The Balaban J connectivity index is 2.04. The van der Waals surface area contributed by atoms with E-state index in [4.69, 9.17) is 0 Å². The van der Waals surface area contributed by atoms with Crippen LogP contribution in [0.1, 0.15) is 18.9 Å². The van der Waals surface area contributed by atoms with Gasteiger partial charge in [0.2, 0.25) is 0 Å². The average molecular weight is 355 g/mol. The number of anilines is 2. The van der Waals surface area contributed by atoms with E-state index in [1.54, 1.807) is 7.05 Å². The van der Waals surface area contributed by atoms with Gasteiger partial charge in [-0.1, -0.05) is 19.1 Å². The van der Waals surface area contributed by atoms with Gasteiger partial charge in [-0.05, 0) is 18.1 Å². The van der Waals surface area contributed by atoms with Gasteiger partial charge in [0.15, 0.2) is 0 Å². The molecule has 1 amide bonds. The summed E-state index contributed by atoms with van der Waals surface area (Å²) >= 11 is 0. The fourth-order valence-electron chi connectivity index (χ4n) is 4.26. The molecule has 1 fully saturated rings. The molecule has 1 saturated heterocycles. The second-order valence-electron chi connectivity index (χ2n) is 6.72. The minimum atomic E-state index is -4.88. The number of para-hydroxylation sites is 1. The molecule has 1 aromatic carbocycles. The highest BCUT2D eigenvalue weighted by molar-refractivity contribution is 5.84. The van der Waals surface area contributed by atoms with Crippen LogP contribution in [0.5, 0.6) is 0 Å². The first kappa shape index (κ1) is 17.6. The Morgan fingerprint density at radius 3 is 2.76 bits per heavy atom. The Hall–Kier alpha value is -2.25. The summed E-state index contributed by atoms with van der Waals surface area (Å²) < 4.78 is 38.6. The number of alkyl halides is 3. The van der Waals surface area contributed by atoms with Crippen LogP contribution in [0.3, 0.4) is 0 Å². The van der Waals surface area contributed by atoms with Crippen molar-refractivity contribution in [1.82, 2.24) is 4.90 Å². The van der Waals surface area contributed by atoms with Crippen molar-refractivity contribution >= 4 is 23.6 Å². The third-order valence-corrected chi connectivity index (χ3v) is 5.31. The summed E-state index contributed by atoms with van der Waals surface area (Å²) in [6, 6.07) is 5.45. The van der Waals surface area contributed by atoms with Crippen molar-refractivity contribution in [3.8, 4) is 0 Å². The van der Waals surface area contributed by atoms with Crippen molar-refractivity contribution in [3.05, 3.63) is 23.8 Å². The molecule has 0 bridgehead atoms. The number of carbonyl (C=O) groups is 2. The number of likely N-dealkylation sites (tertiary alicyclic amines) is 1. The molecule has 25 heavy (non-hydrogen) atoms. The van der Waals surface area contributed by atoms with E-state index >= 15 is 0 Å². The van der Waals surface area contributed by atoms with Crippen LogP contribution in [0, 0.1) is 0 Å². The molecule has 1 N–H and O–H groups in total. The van der Waals surface area contributed by atoms with Crippen LogP contribution in [-0.4, -0.2) is 56.0 Å². The van der Waals surface area contributed by atoms with Crippen LogP contribution in [0.25, 0.3) is 0 Å². The Bertz CT molecular complexity index is 707. The number of piperidine rings is 1. The smallest absolute Gasteiger partial charge is 0.386 e. The van der Waals surface area contributed by atoms with Gasteiger partial charge in [0, 0.05) is 31.6 Å². The molecule has 0 aliphatic carbocycles. The Labute approximate surface area is 143 Å². The lowest BCUT2D eigenvalue weighted by atomic mass is 9.74. The number of amides is 1. The molecule has 2 heterocycles. The number of nitrogens with zero attached hydrogens (tertiary/aromatic N) is 2. The topological polar surface area (TPSA) is 52.7 Å². The number of aldehydes is 1. The first-order chi connectivity index (χ1) is 11.7. The summed E-state index contributed by atoms with van der Waals surface area (Å²) in [5.41, 5.74) is 1.87. The molecular weight excluding hydrogens is 335 g/mol. The lowest BCUT2D eigenvalue weighted by Crippen LogP contribution is -2.58. The van der Waals surface area contributed by atoms with E-state index in [0.29, 0.717) is 6.42 Å². The van der Waals surface area contributed by atoms with E-state index in [1.165, 1.54) is 0 Å². The molecule has 0 radical (unpaired) electrons. The first-order valence-electron chi connectivity index (χ1n) is 8.11. The highest BCUT2D eigenvalue weighted by atomic mass is 19.4. The van der Waals surface area contributed by atoms with Crippen molar-refractivity contribution in [2.45, 2.75) is 31.0 Å². The lowest BCUT2D eigenvalue weighted by Gasteiger charge is -2.45. The van der Waals surface area contributed by atoms with Crippen molar-refractivity contribution in [3.63, 3.8) is 0 Å². The number of rotatable bonds is 3. The van der Waals surface area contributed by atoms with E-state index in [-0.39, 0.29) is 25.7 Å². The van der Waals surface area contributed by atoms with Crippen LogP contribution >= 0.6 is 0 Å². The molecule has 0 saturated carbocycles. The molecule has 3 rings (SSSR count). The number of halogens is 3. The third-order valence-electron chi connectivity index (χ3n) is 5.31. The molecular formula is C17H20F3N3O2. The molecule has 1 aromatic rings. The summed E-state index contributed by atoms with van der Waals surface area (Å²) in [6.07, 6.45) is -3.70. The maximum atomic E-state index is 12.9. The summed E-state index contributed by atoms with van der Waals surface area (Å²) in [6.45, 7) is 2.04. The SMILES string of the molecule is CNc1cccc2c1N(CC=O)C1CCN(C(=O)C(F)(F)F)CC21C. The standard InChI is InChI=1S/C17H20F3N3O2/c1-16-10-22(15(25)17(18,19)20)7-6-13(16)23(8-9-24)14-11(16)4-3-5-12(14)21-2/h3-5,9,13,21H,6-8,10H2,1-2H3. The van der Waals surface area contributed by atoms with Crippen LogP contribution in [0.15, 0.2) is 18.2 Å². The predicted molar refractivity (Wildman–Crippen MR) is 87.8 cm³/mol. The fraction of sp³-hybridized carbons (Fsp3) is 0.529. The molecule has 0 spiro atoms. The quantitative estimate of drug-likeness (QED) is 0.845. The minimum Gasteiger partial charge on any atom is -0.386 e. The van der Waals surface area contributed by atoms with Gasteiger partial charge in [-0.2, -0.15) is 13.2 Å². The summed E-state index contributed by atoms with van der Waals surface area (Å²) in [4.78, 5) is 25.7. The number of hydrogen-bond acceptors (Lipinski definition) is 4. The fourth-order valence-corrected chi connectivity index (χ4v) is 4.26. The monoisotopic (exact) mass is 355 g/mol. The van der Waals surface area contributed by atoms with Gasteiger partial charge in [-0.25, -0.2) is 0 Å². The van der Waals surface area contributed by atoms with Crippen molar-refractivity contribution in [1.29, 1.82) is 0 Å². The molecule has 0 aromatic heterocycles. The number of benzene rings is 1. The van der Waals surface area contributed by atoms with Crippen molar-refractivity contribution < 1.29 is 22.8 Å². The van der Waals surface area contributed by atoms with Crippen molar-refractivity contribution in [2.24, 2.45) is 0 Å². The number of carbonyl (C=O) groups excluding carboxylic acids is 2. The number of nitrogens with one attached hydrogen (secondary N) is 1. The zero-order valence-electron chi connectivity index (χ0n) is 14.1. The van der Waals surface area contributed by atoms with Gasteiger partial charge in [-0.15, -0.1) is 0 Å². The lowest BCUT2D eigenvalue weighted by molar-refractivity contribution is -0.187. The molecule has 2 unspecified atom stereocenters. The number of hydrogen-bond donors (Lipinski definition) is 1. The second kappa shape index (κ2) is 5.93. The van der Waals surface area contributed by atoms with Gasteiger partial charge in [-0.3, -0.25) is 4.79 Å². The maximum absolute atomic E-state index is 12.9. The van der Waals surface area contributed by atoms with Gasteiger partial charge >= 0.3 is 12.1 Å². The Kier molecular flexibility index (Phi) is 4.17. The second-order valence-corrected chi connectivity index (χ2v) is 6.72. The summed E-state index contributed by atoms with van der Waals surface area (Å²) in [5.74, 6) is -1.80. The van der Waals surface area contributed by atoms with Gasteiger partial charge < -0.3 is 19.9 Å². The Morgan fingerprint density at radius 2 is 2.16 bits per heavy atom. The first-order valence-corrected chi connectivity index (χ1v) is 8.11. The van der Waals surface area contributed by atoms with Crippen molar-refractivity contribution in [2.75, 3.05) is 36.9 Å². The molecule has 2 atom stereocenters. The van der Waals surface area contributed by atoms with Gasteiger partial charge in [0.05, 0.1) is 17.9 Å². The third kappa shape index (κ3) is 2.63. The normalized spacial score (nSPS) is 25.4. The molecule has 5 nitrogen and oxygen atoms in total. The van der Waals surface area contributed by atoms with E-state index < -0.39 is 17.5 Å². The van der Waals surface area contributed by atoms with Crippen LogP contribution < -0.4 is 10.2 Å². The van der Waals surface area contributed by atoms with Crippen LogP contribution in [0.2, 0.25) is 0 Å². The van der Waals surface area contributed by atoms with Crippen LogP contribution in [0.4, 0.5) is 24.5 Å². The number of fused-ring (bicyclic) bond motifs is 3. The Morgan fingerprint density at radius 1 is 1.44 bits per heavy atom. The van der Waals surface area contributed by atoms with E-state index in [2.05, 4.69) is 5.32 Å². The average Bonchev–Trinajstić information content (AvgIpc) is 2.82. The molecule has 136 valence electrons. The van der Waals surface area contributed by atoms with E-state index in [1.807, 2.05) is 30.0 Å². The highest BCUT2D eigenvalue weighted by Gasteiger charge is 2.54. The van der Waals surface area contributed by atoms with Gasteiger partial charge in [0.1, 0.15) is 6.29 Å². The highest BCUT2D eigenvalue weighted by Crippen LogP contribution is 2.51. The summed E-state index contributed by atoms with van der Waals surface area (Å²) in [5, 5.41) is 3.08. The maximum Gasteiger partial charge on any atom is 0.471 e. The summed E-state index contributed by atoms with van der Waals surface area (Å²) in [7, 11) is 1.76. The molecule has 2 aliphatic heterocycles. The largest absolute Gasteiger partial charge is 0.471 e.